The third kappa shape index (κ3) is 5.09. The van der Waals surface area contributed by atoms with Gasteiger partial charge in [0.1, 0.15) is 5.82 Å². The Morgan fingerprint density at radius 1 is 1.48 bits per heavy atom. The first-order valence-corrected chi connectivity index (χ1v) is 8.59. The van der Waals surface area contributed by atoms with Gasteiger partial charge in [-0.25, -0.2) is 12.8 Å². The number of carbonyl (C=O) groups is 1. The van der Waals surface area contributed by atoms with Crippen molar-refractivity contribution < 1.29 is 17.6 Å². The lowest BCUT2D eigenvalue weighted by Gasteiger charge is -2.18. The molecule has 2 rings (SSSR count). The number of carbonyl (C=O) groups excluding carboxylic acids is 1. The summed E-state index contributed by atoms with van der Waals surface area (Å²) < 4.78 is 35.7. The van der Waals surface area contributed by atoms with Gasteiger partial charge >= 0.3 is 0 Å². The van der Waals surface area contributed by atoms with Crippen LogP contribution in [-0.2, 0) is 21.2 Å². The fourth-order valence-corrected chi connectivity index (χ4v) is 4.10. The zero-order chi connectivity index (χ0) is 15.5. The Labute approximate surface area is 124 Å². The highest BCUT2D eigenvalue weighted by Gasteiger charge is 2.28. The number of hydrogen-bond acceptors (Lipinski definition) is 4. The minimum Gasteiger partial charge on any atom is -0.351 e. The molecule has 0 aliphatic carbocycles. The van der Waals surface area contributed by atoms with Gasteiger partial charge in [0.05, 0.1) is 18.1 Å². The second kappa shape index (κ2) is 6.53. The maximum absolute atomic E-state index is 13.1. The standard InChI is InChI=1S/C14H19FN2O3S/c1-17(8-11-3-2-4-12(15)7-11)9-14(18)16-13-5-6-21(19,20)10-13/h2-4,7,13H,5-6,8-10H2,1H3,(H,16,18)/t13-/m0/s1. The van der Waals surface area contributed by atoms with Gasteiger partial charge in [-0.2, -0.15) is 0 Å². The van der Waals surface area contributed by atoms with Crippen LogP contribution in [0, 0.1) is 5.82 Å². The lowest BCUT2D eigenvalue weighted by atomic mass is 10.2. The van der Waals surface area contributed by atoms with E-state index in [4.69, 9.17) is 0 Å². The van der Waals surface area contributed by atoms with E-state index in [1.807, 2.05) is 0 Å². The van der Waals surface area contributed by atoms with E-state index >= 15 is 0 Å². The molecule has 1 amide bonds. The molecule has 0 unspecified atom stereocenters. The Kier molecular flexibility index (Phi) is 4.95. The molecule has 0 bridgehead atoms. The minimum atomic E-state index is -2.99. The second-order valence-electron chi connectivity index (χ2n) is 5.47. The van der Waals surface area contributed by atoms with Crippen LogP contribution in [0.5, 0.6) is 0 Å². The van der Waals surface area contributed by atoms with Crippen LogP contribution in [0.4, 0.5) is 4.39 Å². The predicted octanol–water partition coefficient (Wildman–Crippen LogP) is 0.561. The van der Waals surface area contributed by atoms with Gasteiger partial charge in [0.25, 0.3) is 0 Å². The van der Waals surface area contributed by atoms with Gasteiger partial charge in [0.15, 0.2) is 9.84 Å². The normalized spacial score (nSPS) is 20.6. The van der Waals surface area contributed by atoms with Crippen LogP contribution >= 0.6 is 0 Å². The number of amides is 1. The van der Waals surface area contributed by atoms with Crippen molar-refractivity contribution in [2.45, 2.75) is 19.0 Å². The molecule has 21 heavy (non-hydrogen) atoms. The molecule has 0 spiro atoms. The fraction of sp³-hybridized carbons (Fsp3) is 0.500. The molecule has 1 aliphatic rings. The predicted molar refractivity (Wildman–Crippen MR) is 77.9 cm³/mol. The molecule has 0 aromatic heterocycles. The molecule has 1 atom stereocenters. The quantitative estimate of drug-likeness (QED) is 0.862. The molecular weight excluding hydrogens is 295 g/mol. The van der Waals surface area contributed by atoms with E-state index in [0.717, 1.165) is 5.56 Å². The van der Waals surface area contributed by atoms with Crippen molar-refractivity contribution in [3.05, 3.63) is 35.6 Å². The van der Waals surface area contributed by atoms with Crippen LogP contribution in [0.15, 0.2) is 24.3 Å². The van der Waals surface area contributed by atoms with Crippen molar-refractivity contribution in [2.75, 3.05) is 25.1 Å². The number of nitrogens with zero attached hydrogens (tertiary/aromatic N) is 1. The van der Waals surface area contributed by atoms with Gasteiger partial charge < -0.3 is 5.32 Å². The Morgan fingerprint density at radius 3 is 2.86 bits per heavy atom. The van der Waals surface area contributed by atoms with E-state index in [0.29, 0.717) is 13.0 Å². The molecule has 1 aromatic carbocycles. The highest BCUT2D eigenvalue weighted by atomic mass is 32.2. The highest BCUT2D eigenvalue weighted by molar-refractivity contribution is 7.91. The fourth-order valence-electron chi connectivity index (χ4n) is 2.43. The van der Waals surface area contributed by atoms with Crippen molar-refractivity contribution in [1.82, 2.24) is 10.2 Å². The highest BCUT2D eigenvalue weighted by Crippen LogP contribution is 2.11. The van der Waals surface area contributed by atoms with E-state index in [1.54, 1.807) is 24.1 Å². The number of sulfone groups is 1. The molecule has 5 nitrogen and oxygen atoms in total. The Hall–Kier alpha value is -1.47. The van der Waals surface area contributed by atoms with E-state index < -0.39 is 9.84 Å². The summed E-state index contributed by atoms with van der Waals surface area (Å²) in [6, 6.07) is 5.93. The van der Waals surface area contributed by atoms with Gasteiger partial charge in [-0.05, 0) is 31.2 Å². The van der Waals surface area contributed by atoms with Crippen molar-refractivity contribution in [3.8, 4) is 0 Å². The van der Waals surface area contributed by atoms with E-state index in [2.05, 4.69) is 5.32 Å². The Bertz CT molecular complexity index is 618. The number of hydrogen-bond donors (Lipinski definition) is 1. The third-order valence-electron chi connectivity index (χ3n) is 3.35. The smallest absolute Gasteiger partial charge is 0.234 e. The minimum absolute atomic E-state index is 0.0202. The van der Waals surface area contributed by atoms with Crippen LogP contribution in [-0.4, -0.2) is 50.4 Å². The topological polar surface area (TPSA) is 66.5 Å². The van der Waals surface area contributed by atoms with Crippen molar-refractivity contribution >= 4 is 15.7 Å². The summed E-state index contributed by atoms with van der Waals surface area (Å²) in [4.78, 5) is 13.6. The summed E-state index contributed by atoms with van der Waals surface area (Å²) in [6.45, 7) is 0.598. The second-order valence-corrected chi connectivity index (χ2v) is 7.70. The molecule has 7 heteroatoms. The lowest BCUT2D eigenvalue weighted by molar-refractivity contribution is -0.122. The van der Waals surface area contributed by atoms with Gasteiger partial charge in [-0.1, -0.05) is 12.1 Å². The maximum Gasteiger partial charge on any atom is 0.234 e. The molecule has 116 valence electrons. The van der Waals surface area contributed by atoms with Crippen LogP contribution in [0.25, 0.3) is 0 Å². The summed E-state index contributed by atoms with van der Waals surface area (Å²) in [5.74, 6) is -0.360. The van der Waals surface area contributed by atoms with E-state index in [9.17, 15) is 17.6 Å². The molecule has 1 fully saturated rings. The monoisotopic (exact) mass is 314 g/mol. The van der Waals surface area contributed by atoms with Crippen LogP contribution < -0.4 is 5.32 Å². The van der Waals surface area contributed by atoms with Crippen molar-refractivity contribution in [3.63, 3.8) is 0 Å². The van der Waals surface area contributed by atoms with Gasteiger partial charge in [-0.3, -0.25) is 9.69 Å². The summed E-state index contributed by atoms with van der Waals surface area (Å²) >= 11 is 0. The van der Waals surface area contributed by atoms with Crippen LogP contribution in [0.3, 0.4) is 0 Å². The summed E-state index contributed by atoms with van der Waals surface area (Å²) in [6.07, 6.45) is 0.474. The first-order chi connectivity index (χ1) is 9.84. The molecule has 1 heterocycles. The SMILES string of the molecule is CN(CC(=O)N[C@H]1CCS(=O)(=O)C1)Cc1cccc(F)c1. The Balaban J connectivity index is 1.80. The third-order valence-corrected chi connectivity index (χ3v) is 5.12. The van der Waals surface area contributed by atoms with Crippen molar-refractivity contribution in [1.29, 1.82) is 0 Å². The number of benzene rings is 1. The van der Waals surface area contributed by atoms with E-state index in [1.165, 1.54) is 12.1 Å². The molecule has 0 radical (unpaired) electrons. The zero-order valence-corrected chi connectivity index (χ0v) is 12.7. The number of rotatable bonds is 5. The molecule has 1 aromatic rings. The first-order valence-electron chi connectivity index (χ1n) is 6.77. The number of nitrogens with one attached hydrogen (secondary N) is 1. The molecule has 1 aliphatic heterocycles. The van der Waals surface area contributed by atoms with Gasteiger partial charge in [0, 0.05) is 12.6 Å². The van der Waals surface area contributed by atoms with Crippen LogP contribution in [0.2, 0.25) is 0 Å². The average molecular weight is 314 g/mol. The average Bonchev–Trinajstić information content (AvgIpc) is 2.67. The molecule has 1 saturated heterocycles. The number of halogens is 1. The Morgan fingerprint density at radius 2 is 2.24 bits per heavy atom. The van der Waals surface area contributed by atoms with Crippen molar-refractivity contribution in [2.24, 2.45) is 0 Å². The maximum atomic E-state index is 13.1. The lowest BCUT2D eigenvalue weighted by Crippen LogP contribution is -2.41. The van der Waals surface area contributed by atoms with Gasteiger partial charge in [0.2, 0.25) is 5.91 Å². The summed E-state index contributed by atoms with van der Waals surface area (Å²) in [5, 5.41) is 2.73. The summed E-state index contributed by atoms with van der Waals surface area (Å²) in [7, 11) is -1.23. The van der Waals surface area contributed by atoms with Crippen LogP contribution in [0.1, 0.15) is 12.0 Å². The molecular formula is C14H19FN2O3S. The molecule has 1 N–H and O–H groups in total. The zero-order valence-electron chi connectivity index (χ0n) is 11.9. The molecule has 0 saturated carbocycles. The largest absolute Gasteiger partial charge is 0.351 e. The summed E-state index contributed by atoms with van der Waals surface area (Å²) in [5.41, 5.74) is 0.786. The van der Waals surface area contributed by atoms with E-state index in [-0.39, 0.29) is 35.8 Å². The number of likely N-dealkylation sites (N-methyl/N-ethyl adjacent to an activating group) is 1. The van der Waals surface area contributed by atoms with Gasteiger partial charge in [-0.15, -0.1) is 0 Å². The first kappa shape index (κ1) is 15.9.